The number of benzene rings is 3. The molecule has 6 rings (SSSR count). The Balaban J connectivity index is 1.74. The summed E-state index contributed by atoms with van der Waals surface area (Å²) in [4.78, 5) is 29.3. The molecule has 8 nitrogen and oxygen atoms in total. The Kier molecular flexibility index (Phi) is 5.70. The molecule has 0 aliphatic carbocycles. The SMILES string of the molecule is CCCCN1C(=O)C2(c3cc(F)ccc31)C(c1ccc([N+](=O)[O-])cc1)N1c3ccccc3C=CC1C2(C#N)C#N. The van der Waals surface area contributed by atoms with Crippen molar-refractivity contribution in [1.82, 2.24) is 0 Å². The Bertz CT molecular complexity index is 1660. The van der Waals surface area contributed by atoms with E-state index in [1.54, 1.807) is 29.2 Å². The second-order valence-electron chi connectivity index (χ2n) is 10.3. The summed E-state index contributed by atoms with van der Waals surface area (Å²) in [7, 11) is 0. The van der Waals surface area contributed by atoms with Gasteiger partial charge in [-0.2, -0.15) is 10.5 Å². The fraction of sp³-hybridized carbons (Fsp3) is 0.258. The van der Waals surface area contributed by atoms with Crippen LogP contribution < -0.4 is 9.80 Å². The van der Waals surface area contributed by atoms with Crippen molar-refractivity contribution in [2.24, 2.45) is 5.41 Å². The summed E-state index contributed by atoms with van der Waals surface area (Å²) < 4.78 is 15.0. The molecule has 0 aromatic heterocycles. The van der Waals surface area contributed by atoms with Crippen molar-refractivity contribution in [2.75, 3.05) is 16.3 Å². The van der Waals surface area contributed by atoms with Crippen LogP contribution in [0.5, 0.6) is 0 Å². The number of nitro benzene ring substituents is 1. The van der Waals surface area contributed by atoms with Crippen molar-refractivity contribution < 1.29 is 14.1 Å². The van der Waals surface area contributed by atoms with Gasteiger partial charge in [0.1, 0.15) is 11.2 Å². The molecule has 1 amide bonds. The smallest absolute Gasteiger partial charge is 0.269 e. The molecule has 1 saturated heterocycles. The molecule has 9 heteroatoms. The Morgan fingerprint density at radius 3 is 2.45 bits per heavy atom. The second kappa shape index (κ2) is 9.03. The summed E-state index contributed by atoms with van der Waals surface area (Å²) in [6.45, 7) is 2.33. The largest absolute Gasteiger partial charge is 0.353 e. The molecule has 198 valence electrons. The van der Waals surface area contributed by atoms with Crippen molar-refractivity contribution in [3.63, 3.8) is 0 Å². The fourth-order valence-electron chi connectivity index (χ4n) is 6.81. The lowest BCUT2D eigenvalue weighted by Crippen LogP contribution is -2.53. The highest BCUT2D eigenvalue weighted by Gasteiger charge is 2.77. The van der Waals surface area contributed by atoms with Crippen LogP contribution in [-0.2, 0) is 10.2 Å². The number of hydrogen-bond donors (Lipinski definition) is 0. The van der Waals surface area contributed by atoms with Crippen LogP contribution in [0.25, 0.3) is 6.08 Å². The maximum Gasteiger partial charge on any atom is 0.269 e. The predicted octanol–water partition coefficient (Wildman–Crippen LogP) is 5.81. The summed E-state index contributed by atoms with van der Waals surface area (Å²) >= 11 is 0. The first-order valence-corrected chi connectivity index (χ1v) is 13.1. The van der Waals surface area contributed by atoms with Gasteiger partial charge in [-0.05, 0) is 47.4 Å². The number of carbonyl (C=O) groups excluding carboxylic acids is 1. The maximum absolute atomic E-state index is 15.0. The number of anilines is 2. The van der Waals surface area contributed by atoms with Crippen molar-refractivity contribution in [3.05, 3.63) is 105 Å². The number of halogens is 1. The van der Waals surface area contributed by atoms with E-state index < -0.39 is 39.6 Å². The van der Waals surface area contributed by atoms with Crippen molar-refractivity contribution in [2.45, 2.75) is 37.3 Å². The summed E-state index contributed by atoms with van der Waals surface area (Å²) in [5.74, 6) is -1.04. The number of unbranched alkanes of at least 4 members (excludes halogenated alkanes) is 1. The molecule has 1 fully saturated rings. The number of nitriles is 2. The highest BCUT2D eigenvalue weighted by atomic mass is 19.1. The summed E-state index contributed by atoms with van der Waals surface area (Å²) in [6, 6.07) is 20.1. The minimum atomic E-state index is -1.95. The predicted molar refractivity (Wildman–Crippen MR) is 147 cm³/mol. The van der Waals surface area contributed by atoms with Gasteiger partial charge in [0, 0.05) is 30.1 Å². The molecule has 3 unspecified atom stereocenters. The summed E-state index contributed by atoms with van der Waals surface area (Å²) in [6.07, 6.45) is 5.07. The number of rotatable bonds is 5. The molecule has 3 aliphatic heterocycles. The van der Waals surface area contributed by atoms with Gasteiger partial charge in [-0.3, -0.25) is 14.9 Å². The third kappa shape index (κ3) is 3.06. The number of amides is 1. The first-order valence-electron chi connectivity index (χ1n) is 13.1. The van der Waals surface area contributed by atoms with Gasteiger partial charge in [0.2, 0.25) is 5.91 Å². The van der Waals surface area contributed by atoms with Crippen molar-refractivity contribution >= 4 is 29.0 Å². The van der Waals surface area contributed by atoms with E-state index in [2.05, 4.69) is 12.1 Å². The second-order valence-corrected chi connectivity index (χ2v) is 10.3. The molecule has 0 radical (unpaired) electrons. The standard InChI is InChI=1S/C31H24FN5O3/c1-2-3-16-35-26-14-11-22(32)17-24(26)31(29(35)38)28(21-8-12-23(13-9-21)37(39)40)36-25-7-5-4-6-20(25)10-15-27(36)30(31,18-33)19-34/h4-15,17,27-28H,2-3,16H2,1H3. The van der Waals surface area contributed by atoms with Gasteiger partial charge >= 0.3 is 0 Å². The first-order chi connectivity index (χ1) is 19.3. The molecule has 3 atom stereocenters. The van der Waals surface area contributed by atoms with Crippen LogP contribution >= 0.6 is 0 Å². The average Bonchev–Trinajstić information content (AvgIpc) is 3.38. The number of hydrogen-bond acceptors (Lipinski definition) is 6. The number of nitrogens with zero attached hydrogens (tertiary/aromatic N) is 5. The van der Waals surface area contributed by atoms with Crippen LogP contribution in [0, 0.1) is 44.0 Å². The number of non-ortho nitro benzene ring substituents is 1. The van der Waals surface area contributed by atoms with Gasteiger partial charge < -0.3 is 9.80 Å². The van der Waals surface area contributed by atoms with E-state index in [1.807, 2.05) is 42.2 Å². The van der Waals surface area contributed by atoms with E-state index in [0.717, 1.165) is 12.0 Å². The van der Waals surface area contributed by atoms with Crippen LogP contribution in [0.2, 0.25) is 0 Å². The number of nitro groups is 1. The van der Waals surface area contributed by atoms with E-state index in [0.29, 0.717) is 29.9 Å². The monoisotopic (exact) mass is 533 g/mol. The molecule has 0 saturated carbocycles. The lowest BCUT2D eigenvalue weighted by Gasteiger charge is -2.38. The number of fused-ring (bicyclic) bond motifs is 5. The minimum absolute atomic E-state index is 0.133. The Morgan fingerprint density at radius 2 is 1.77 bits per heavy atom. The zero-order chi connectivity index (χ0) is 28.2. The van der Waals surface area contributed by atoms with Gasteiger partial charge in [-0.1, -0.05) is 55.8 Å². The molecule has 3 aromatic carbocycles. The lowest BCUT2D eigenvalue weighted by molar-refractivity contribution is -0.384. The van der Waals surface area contributed by atoms with Crippen LogP contribution in [0.3, 0.4) is 0 Å². The number of para-hydroxylation sites is 1. The Morgan fingerprint density at radius 1 is 1.05 bits per heavy atom. The zero-order valence-electron chi connectivity index (χ0n) is 21.6. The average molecular weight is 534 g/mol. The van der Waals surface area contributed by atoms with E-state index >= 15 is 4.39 Å². The highest BCUT2D eigenvalue weighted by Crippen LogP contribution is 2.68. The molecule has 40 heavy (non-hydrogen) atoms. The molecule has 3 aliphatic rings. The zero-order valence-corrected chi connectivity index (χ0v) is 21.6. The maximum atomic E-state index is 15.0. The van der Waals surface area contributed by atoms with Crippen molar-refractivity contribution in [1.29, 1.82) is 10.5 Å². The fourth-order valence-corrected chi connectivity index (χ4v) is 6.81. The van der Waals surface area contributed by atoms with Gasteiger partial charge in [-0.15, -0.1) is 0 Å². The molecule has 1 spiro atoms. The van der Waals surface area contributed by atoms with Gasteiger partial charge in [0.05, 0.1) is 29.1 Å². The van der Waals surface area contributed by atoms with Crippen molar-refractivity contribution in [3.8, 4) is 12.1 Å². The van der Waals surface area contributed by atoms with Crippen LogP contribution in [0.15, 0.2) is 72.8 Å². The molecule has 0 bridgehead atoms. The van der Waals surface area contributed by atoms with E-state index in [9.17, 15) is 25.4 Å². The third-order valence-electron chi connectivity index (χ3n) is 8.49. The minimum Gasteiger partial charge on any atom is -0.353 e. The van der Waals surface area contributed by atoms with Crippen LogP contribution in [0.4, 0.5) is 21.5 Å². The summed E-state index contributed by atoms with van der Waals surface area (Å²) in [5.41, 5.74) is -1.11. The summed E-state index contributed by atoms with van der Waals surface area (Å²) in [5, 5.41) is 33.3. The first kappa shape index (κ1) is 25.3. The van der Waals surface area contributed by atoms with Gasteiger partial charge in [0.25, 0.3) is 5.69 Å². The normalized spacial score (nSPS) is 23.4. The lowest BCUT2D eigenvalue weighted by atomic mass is 9.57. The molecule has 3 aromatic rings. The highest BCUT2D eigenvalue weighted by molar-refractivity contribution is 6.12. The van der Waals surface area contributed by atoms with Crippen LogP contribution in [0.1, 0.15) is 42.5 Å². The number of carbonyl (C=O) groups is 1. The molecule has 3 heterocycles. The van der Waals surface area contributed by atoms with E-state index in [-0.39, 0.29) is 11.3 Å². The van der Waals surface area contributed by atoms with Gasteiger partial charge in [0.15, 0.2) is 5.41 Å². The Labute approximate surface area is 230 Å². The quantitative estimate of drug-likeness (QED) is 0.302. The van der Waals surface area contributed by atoms with Crippen LogP contribution in [-0.4, -0.2) is 23.4 Å². The molecule has 0 N–H and O–H groups in total. The third-order valence-corrected chi connectivity index (χ3v) is 8.49. The van der Waals surface area contributed by atoms with E-state index in [1.165, 1.54) is 24.3 Å². The van der Waals surface area contributed by atoms with E-state index in [4.69, 9.17) is 0 Å². The Hall–Kier alpha value is -5.02. The molecular weight excluding hydrogens is 509 g/mol. The molecular formula is C31H24FN5O3. The topological polar surface area (TPSA) is 114 Å². The van der Waals surface area contributed by atoms with Gasteiger partial charge in [-0.25, -0.2) is 4.39 Å².